The highest BCUT2D eigenvalue weighted by molar-refractivity contribution is 6.30. The molecule has 0 heterocycles. The van der Waals surface area contributed by atoms with Gasteiger partial charge in [0.1, 0.15) is 6.61 Å². The van der Waals surface area contributed by atoms with E-state index in [4.69, 9.17) is 26.8 Å². The van der Waals surface area contributed by atoms with Crippen molar-refractivity contribution in [2.45, 2.75) is 27.0 Å². The van der Waals surface area contributed by atoms with Crippen LogP contribution in [0.15, 0.2) is 30.3 Å². The molecule has 0 aliphatic rings. The molecule has 2 N–H and O–H groups in total. The standard InChI is InChI=1S/C17H20ClNO2/c1-11-5-4-6-12(2)15(11)10-21-17-13(9-19)7-14(18)8-16(17)20-3/h4-8H,9-10,19H2,1-3H3. The molecule has 0 fully saturated rings. The molecule has 0 saturated carbocycles. The van der Waals surface area contributed by atoms with E-state index in [-0.39, 0.29) is 0 Å². The summed E-state index contributed by atoms with van der Waals surface area (Å²) in [6.45, 7) is 4.98. The quantitative estimate of drug-likeness (QED) is 0.908. The minimum Gasteiger partial charge on any atom is -0.493 e. The number of hydrogen-bond donors (Lipinski definition) is 1. The van der Waals surface area contributed by atoms with Crippen LogP contribution in [0.3, 0.4) is 0 Å². The van der Waals surface area contributed by atoms with Gasteiger partial charge in [-0.25, -0.2) is 0 Å². The molecule has 0 amide bonds. The van der Waals surface area contributed by atoms with E-state index in [1.165, 1.54) is 16.7 Å². The van der Waals surface area contributed by atoms with E-state index in [0.717, 1.165) is 5.56 Å². The van der Waals surface area contributed by atoms with E-state index in [1.54, 1.807) is 13.2 Å². The Morgan fingerprint density at radius 1 is 1.14 bits per heavy atom. The SMILES string of the molecule is COc1cc(Cl)cc(CN)c1OCc1c(C)cccc1C. The second-order valence-electron chi connectivity index (χ2n) is 4.96. The number of halogens is 1. The molecule has 0 bridgehead atoms. The maximum absolute atomic E-state index is 6.06. The molecule has 0 spiro atoms. The summed E-state index contributed by atoms with van der Waals surface area (Å²) in [6.07, 6.45) is 0. The molecule has 0 aliphatic carbocycles. The Kier molecular flexibility index (Phi) is 5.10. The summed E-state index contributed by atoms with van der Waals surface area (Å²) < 4.78 is 11.3. The summed E-state index contributed by atoms with van der Waals surface area (Å²) in [7, 11) is 1.60. The van der Waals surface area contributed by atoms with Gasteiger partial charge in [-0.05, 0) is 36.6 Å². The van der Waals surface area contributed by atoms with Crippen LogP contribution in [-0.2, 0) is 13.2 Å². The van der Waals surface area contributed by atoms with Crippen LogP contribution >= 0.6 is 11.6 Å². The number of nitrogens with two attached hydrogens (primary N) is 1. The van der Waals surface area contributed by atoms with Gasteiger partial charge in [0.05, 0.1) is 7.11 Å². The van der Waals surface area contributed by atoms with Crippen molar-refractivity contribution < 1.29 is 9.47 Å². The lowest BCUT2D eigenvalue weighted by Crippen LogP contribution is -2.06. The van der Waals surface area contributed by atoms with Gasteiger partial charge in [-0.3, -0.25) is 0 Å². The van der Waals surface area contributed by atoms with Crippen LogP contribution in [0.5, 0.6) is 11.5 Å². The zero-order valence-electron chi connectivity index (χ0n) is 12.6. The number of benzene rings is 2. The molecule has 4 heteroatoms. The number of hydrogen-bond acceptors (Lipinski definition) is 3. The normalized spacial score (nSPS) is 10.5. The van der Waals surface area contributed by atoms with Crippen molar-refractivity contribution >= 4 is 11.6 Å². The summed E-state index contributed by atoms with van der Waals surface area (Å²) >= 11 is 6.06. The molecular weight excluding hydrogens is 286 g/mol. The molecular formula is C17H20ClNO2. The molecule has 0 saturated heterocycles. The zero-order valence-corrected chi connectivity index (χ0v) is 13.3. The first-order valence-corrected chi connectivity index (χ1v) is 7.19. The van der Waals surface area contributed by atoms with Crippen LogP contribution in [0.4, 0.5) is 0 Å². The van der Waals surface area contributed by atoms with Crippen LogP contribution in [0.25, 0.3) is 0 Å². The van der Waals surface area contributed by atoms with Gasteiger partial charge in [-0.15, -0.1) is 0 Å². The number of rotatable bonds is 5. The molecule has 2 aromatic rings. The lowest BCUT2D eigenvalue weighted by atomic mass is 10.0. The third-order valence-electron chi connectivity index (χ3n) is 3.54. The second-order valence-corrected chi connectivity index (χ2v) is 5.40. The van der Waals surface area contributed by atoms with Crippen molar-refractivity contribution in [2.75, 3.05) is 7.11 Å². The Balaban J connectivity index is 2.31. The van der Waals surface area contributed by atoms with Gasteiger partial charge in [0.2, 0.25) is 0 Å². The maximum Gasteiger partial charge on any atom is 0.166 e. The largest absolute Gasteiger partial charge is 0.493 e. The number of ether oxygens (including phenoxy) is 2. The molecule has 0 radical (unpaired) electrons. The van der Waals surface area contributed by atoms with Crippen molar-refractivity contribution in [3.8, 4) is 11.5 Å². The first kappa shape index (κ1) is 15.7. The highest BCUT2D eigenvalue weighted by Gasteiger charge is 2.13. The van der Waals surface area contributed by atoms with Crippen LogP contribution in [0.2, 0.25) is 5.02 Å². The van der Waals surface area contributed by atoms with E-state index in [1.807, 2.05) is 12.1 Å². The smallest absolute Gasteiger partial charge is 0.166 e. The average molecular weight is 306 g/mol. The van der Waals surface area contributed by atoms with E-state index in [0.29, 0.717) is 29.7 Å². The molecule has 21 heavy (non-hydrogen) atoms. The fourth-order valence-corrected chi connectivity index (χ4v) is 2.54. The van der Waals surface area contributed by atoms with Crippen LogP contribution in [-0.4, -0.2) is 7.11 Å². The first-order valence-electron chi connectivity index (χ1n) is 6.81. The Morgan fingerprint density at radius 2 is 1.81 bits per heavy atom. The van der Waals surface area contributed by atoms with Crippen LogP contribution in [0.1, 0.15) is 22.3 Å². The molecule has 0 atom stereocenters. The first-order chi connectivity index (χ1) is 10.1. The van der Waals surface area contributed by atoms with Crippen molar-refractivity contribution in [3.05, 3.63) is 57.6 Å². The topological polar surface area (TPSA) is 44.5 Å². The van der Waals surface area contributed by atoms with Gasteiger partial charge in [0.15, 0.2) is 11.5 Å². The highest BCUT2D eigenvalue weighted by Crippen LogP contribution is 2.35. The van der Waals surface area contributed by atoms with Gasteiger partial charge < -0.3 is 15.2 Å². The maximum atomic E-state index is 6.06. The lowest BCUT2D eigenvalue weighted by molar-refractivity contribution is 0.280. The molecule has 3 nitrogen and oxygen atoms in total. The minimum atomic E-state index is 0.346. The van der Waals surface area contributed by atoms with Crippen LogP contribution < -0.4 is 15.2 Å². The predicted molar refractivity (Wildman–Crippen MR) is 86.1 cm³/mol. The lowest BCUT2D eigenvalue weighted by Gasteiger charge is -2.17. The summed E-state index contributed by atoms with van der Waals surface area (Å²) in [5, 5.41) is 0.590. The van der Waals surface area contributed by atoms with Gasteiger partial charge in [0.25, 0.3) is 0 Å². The molecule has 2 aromatic carbocycles. The summed E-state index contributed by atoms with van der Waals surface area (Å²) in [4.78, 5) is 0. The van der Waals surface area contributed by atoms with Crippen molar-refractivity contribution in [2.24, 2.45) is 5.73 Å². The van der Waals surface area contributed by atoms with E-state index in [2.05, 4.69) is 26.0 Å². The van der Waals surface area contributed by atoms with Crippen molar-refractivity contribution in [3.63, 3.8) is 0 Å². The van der Waals surface area contributed by atoms with E-state index < -0.39 is 0 Å². The second kappa shape index (κ2) is 6.83. The molecule has 2 rings (SSSR count). The van der Waals surface area contributed by atoms with Gasteiger partial charge in [-0.1, -0.05) is 29.8 Å². The third-order valence-corrected chi connectivity index (χ3v) is 3.76. The molecule has 0 unspecified atom stereocenters. The number of methoxy groups -OCH3 is 1. The Hall–Kier alpha value is -1.71. The van der Waals surface area contributed by atoms with E-state index >= 15 is 0 Å². The Morgan fingerprint density at radius 3 is 2.38 bits per heavy atom. The van der Waals surface area contributed by atoms with Gasteiger partial charge >= 0.3 is 0 Å². The van der Waals surface area contributed by atoms with Crippen LogP contribution in [0, 0.1) is 13.8 Å². The van der Waals surface area contributed by atoms with E-state index in [9.17, 15) is 0 Å². The highest BCUT2D eigenvalue weighted by atomic mass is 35.5. The van der Waals surface area contributed by atoms with Crippen molar-refractivity contribution in [1.29, 1.82) is 0 Å². The Bertz CT molecular complexity index is 595. The summed E-state index contributed by atoms with van der Waals surface area (Å²) in [6, 6.07) is 9.75. The fourth-order valence-electron chi connectivity index (χ4n) is 2.31. The zero-order chi connectivity index (χ0) is 15.4. The fraction of sp³-hybridized carbons (Fsp3) is 0.294. The third kappa shape index (κ3) is 3.49. The monoisotopic (exact) mass is 305 g/mol. The summed E-state index contributed by atoms with van der Waals surface area (Å²) in [5.41, 5.74) is 10.2. The minimum absolute atomic E-state index is 0.346. The predicted octanol–water partition coefficient (Wildman–Crippen LogP) is 4.00. The molecule has 0 aliphatic heterocycles. The number of aryl methyl sites for hydroxylation is 2. The molecule has 112 valence electrons. The summed E-state index contributed by atoms with van der Waals surface area (Å²) in [5.74, 6) is 1.27. The average Bonchev–Trinajstić information content (AvgIpc) is 2.47. The Labute approximate surface area is 130 Å². The van der Waals surface area contributed by atoms with Crippen molar-refractivity contribution in [1.82, 2.24) is 0 Å². The molecule has 0 aromatic heterocycles. The van der Waals surface area contributed by atoms with Gasteiger partial charge in [0, 0.05) is 23.2 Å². The van der Waals surface area contributed by atoms with Gasteiger partial charge in [-0.2, -0.15) is 0 Å².